The summed E-state index contributed by atoms with van der Waals surface area (Å²) in [5, 5.41) is 11.1. The topological polar surface area (TPSA) is 113 Å². The largest absolute Gasteiger partial charge is 0.481 e. The number of halogens is 3. The van der Waals surface area contributed by atoms with Gasteiger partial charge in [0.2, 0.25) is 5.91 Å². The summed E-state index contributed by atoms with van der Waals surface area (Å²) in [5.41, 5.74) is 0.0708. The zero-order valence-corrected chi connectivity index (χ0v) is 17.4. The number of ketones is 1. The molecule has 0 saturated carbocycles. The minimum Gasteiger partial charge on any atom is -0.481 e. The number of carbonyl (C=O) groups is 4. The molecule has 2 rings (SSSR count). The summed E-state index contributed by atoms with van der Waals surface area (Å²) in [6.07, 6.45) is -2.72. The van der Waals surface area contributed by atoms with Gasteiger partial charge in [0.1, 0.15) is 18.8 Å². The standard InChI is InChI=1S/C21H25F3N2O6/c1-21(23,24)18(13-7-3-2-4-8-13)32-20(31)26-10-6-5-9-15(26)19(30)25-14(11-17(28)29)16(27)12-22/h2-4,7-8,14-15,18H,5-6,9-12H2,1H3,(H,25,30)(H,28,29). The number of likely N-dealkylation sites (tertiary alicyclic amines) is 1. The number of nitrogens with zero attached hydrogens (tertiary/aromatic N) is 1. The molecule has 11 heteroatoms. The quantitative estimate of drug-likeness (QED) is 0.589. The fraction of sp³-hybridized carbons (Fsp3) is 0.524. The molecule has 1 saturated heterocycles. The molecule has 1 fully saturated rings. The van der Waals surface area contributed by atoms with E-state index in [0.29, 0.717) is 19.8 Å². The van der Waals surface area contributed by atoms with E-state index in [1.807, 2.05) is 0 Å². The molecule has 1 aliphatic heterocycles. The van der Waals surface area contributed by atoms with Crippen LogP contribution >= 0.6 is 0 Å². The minimum atomic E-state index is -3.41. The highest BCUT2D eigenvalue weighted by molar-refractivity contribution is 5.94. The summed E-state index contributed by atoms with van der Waals surface area (Å²) >= 11 is 0. The Morgan fingerprint density at radius 2 is 1.88 bits per heavy atom. The number of aliphatic carboxylic acids is 1. The van der Waals surface area contributed by atoms with Crippen molar-refractivity contribution in [3.63, 3.8) is 0 Å². The molecular weight excluding hydrogens is 433 g/mol. The first-order valence-corrected chi connectivity index (χ1v) is 10.1. The summed E-state index contributed by atoms with van der Waals surface area (Å²) < 4.78 is 46.2. The second-order valence-electron chi connectivity index (χ2n) is 7.59. The molecule has 1 aromatic carbocycles. The van der Waals surface area contributed by atoms with Crippen LogP contribution in [0, 0.1) is 0 Å². The van der Waals surface area contributed by atoms with Gasteiger partial charge in [-0.1, -0.05) is 30.3 Å². The van der Waals surface area contributed by atoms with Crippen molar-refractivity contribution in [2.75, 3.05) is 13.2 Å². The van der Waals surface area contributed by atoms with E-state index in [0.717, 1.165) is 4.90 Å². The number of carbonyl (C=O) groups excluding carboxylic acids is 3. The molecule has 176 valence electrons. The predicted molar refractivity (Wildman–Crippen MR) is 106 cm³/mol. The Kier molecular flexibility index (Phi) is 8.62. The van der Waals surface area contributed by atoms with Crippen LogP contribution in [-0.2, 0) is 19.1 Å². The van der Waals surface area contributed by atoms with Crippen molar-refractivity contribution < 1.29 is 42.2 Å². The average Bonchev–Trinajstić information content (AvgIpc) is 2.75. The van der Waals surface area contributed by atoms with Crippen LogP contribution in [0.15, 0.2) is 30.3 Å². The number of carboxylic acid groups (broad SMARTS) is 1. The summed E-state index contributed by atoms with van der Waals surface area (Å²) in [5.74, 6) is -6.84. The average molecular weight is 458 g/mol. The van der Waals surface area contributed by atoms with Gasteiger partial charge in [-0.2, -0.15) is 0 Å². The number of nitrogens with one attached hydrogen (secondary N) is 1. The van der Waals surface area contributed by atoms with Crippen molar-refractivity contribution in [2.45, 2.75) is 56.7 Å². The van der Waals surface area contributed by atoms with Crippen LogP contribution in [0.4, 0.5) is 18.0 Å². The molecule has 8 nitrogen and oxygen atoms in total. The van der Waals surface area contributed by atoms with Crippen molar-refractivity contribution in [1.82, 2.24) is 10.2 Å². The van der Waals surface area contributed by atoms with Crippen LogP contribution in [0.25, 0.3) is 0 Å². The Hall–Kier alpha value is -3.11. The van der Waals surface area contributed by atoms with E-state index in [4.69, 9.17) is 9.84 Å². The Morgan fingerprint density at radius 3 is 2.44 bits per heavy atom. The number of Topliss-reactive ketones (excluding diaryl/α,β-unsaturated/α-hetero) is 1. The molecule has 0 spiro atoms. The third-order valence-electron chi connectivity index (χ3n) is 5.04. The number of hydrogen-bond acceptors (Lipinski definition) is 5. The third-order valence-corrected chi connectivity index (χ3v) is 5.04. The van der Waals surface area contributed by atoms with E-state index in [9.17, 15) is 32.3 Å². The van der Waals surface area contributed by atoms with Crippen LogP contribution in [0.3, 0.4) is 0 Å². The van der Waals surface area contributed by atoms with Crippen molar-refractivity contribution >= 4 is 23.8 Å². The SMILES string of the molecule is CC(F)(F)C(OC(=O)N1CCCCC1C(=O)NC(CC(=O)O)C(=O)CF)c1ccccc1. The lowest BCUT2D eigenvalue weighted by molar-refractivity contribution is -0.141. The Labute approximate surface area is 182 Å². The molecule has 3 atom stereocenters. The lowest BCUT2D eigenvalue weighted by atomic mass is 10.0. The number of alkyl halides is 3. The molecule has 2 amide bonds. The summed E-state index contributed by atoms with van der Waals surface area (Å²) in [6.45, 7) is -0.829. The van der Waals surface area contributed by atoms with E-state index in [-0.39, 0.29) is 18.5 Å². The number of carboxylic acids is 1. The van der Waals surface area contributed by atoms with E-state index in [2.05, 4.69) is 5.32 Å². The van der Waals surface area contributed by atoms with E-state index >= 15 is 0 Å². The van der Waals surface area contributed by atoms with Crippen LogP contribution in [0.1, 0.15) is 44.3 Å². The van der Waals surface area contributed by atoms with Gasteiger partial charge in [0.05, 0.1) is 6.42 Å². The first kappa shape index (κ1) is 25.2. The van der Waals surface area contributed by atoms with Crippen LogP contribution in [0.5, 0.6) is 0 Å². The fourth-order valence-corrected chi connectivity index (χ4v) is 3.46. The summed E-state index contributed by atoms with van der Waals surface area (Å²) in [6, 6.07) is 4.63. The lowest BCUT2D eigenvalue weighted by Crippen LogP contribution is -2.55. The van der Waals surface area contributed by atoms with Gasteiger partial charge in [-0.25, -0.2) is 18.0 Å². The minimum absolute atomic E-state index is 0.0361. The number of ether oxygens (including phenoxy) is 1. The van der Waals surface area contributed by atoms with Gasteiger partial charge >= 0.3 is 12.1 Å². The molecule has 32 heavy (non-hydrogen) atoms. The highest BCUT2D eigenvalue weighted by Gasteiger charge is 2.42. The molecule has 1 aliphatic rings. The van der Waals surface area contributed by atoms with Crippen molar-refractivity contribution in [2.24, 2.45) is 0 Å². The first-order chi connectivity index (χ1) is 15.0. The van der Waals surface area contributed by atoms with Crippen LogP contribution < -0.4 is 5.32 Å². The Morgan fingerprint density at radius 1 is 1.22 bits per heavy atom. The Bertz CT molecular complexity index is 831. The monoisotopic (exact) mass is 458 g/mol. The van der Waals surface area contributed by atoms with Gasteiger partial charge in [0.15, 0.2) is 11.9 Å². The highest BCUT2D eigenvalue weighted by Crippen LogP contribution is 2.35. The van der Waals surface area contributed by atoms with Gasteiger partial charge in [-0.3, -0.25) is 19.3 Å². The first-order valence-electron chi connectivity index (χ1n) is 10.1. The molecule has 0 aliphatic carbocycles. The normalized spacial score (nSPS) is 18.4. The van der Waals surface area contributed by atoms with Crippen LogP contribution in [0.2, 0.25) is 0 Å². The summed E-state index contributed by atoms with van der Waals surface area (Å²) in [7, 11) is 0. The lowest BCUT2D eigenvalue weighted by Gasteiger charge is -2.36. The third kappa shape index (κ3) is 6.69. The highest BCUT2D eigenvalue weighted by atomic mass is 19.3. The zero-order valence-electron chi connectivity index (χ0n) is 17.4. The maximum atomic E-state index is 14.2. The summed E-state index contributed by atoms with van der Waals surface area (Å²) in [4.78, 5) is 49.0. The molecule has 1 heterocycles. The fourth-order valence-electron chi connectivity index (χ4n) is 3.46. The molecule has 2 N–H and O–H groups in total. The molecule has 1 aromatic rings. The van der Waals surface area contributed by atoms with Gasteiger partial charge in [0.25, 0.3) is 5.92 Å². The van der Waals surface area contributed by atoms with Gasteiger partial charge in [0, 0.05) is 13.5 Å². The molecule has 0 aromatic heterocycles. The maximum Gasteiger partial charge on any atom is 0.411 e. The number of hydrogen-bond donors (Lipinski definition) is 2. The predicted octanol–water partition coefficient (Wildman–Crippen LogP) is 2.87. The zero-order chi connectivity index (χ0) is 23.9. The molecule has 0 bridgehead atoms. The van der Waals surface area contributed by atoms with Gasteiger partial charge in [-0.15, -0.1) is 0 Å². The van der Waals surface area contributed by atoms with Gasteiger partial charge < -0.3 is 15.2 Å². The second-order valence-corrected chi connectivity index (χ2v) is 7.59. The number of amides is 2. The van der Waals surface area contributed by atoms with Crippen molar-refractivity contribution in [1.29, 1.82) is 0 Å². The van der Waals surface area contributed by atoms with E-state index < -0.39 is 61.0 Å². The van der Waals surface area contributed by atoms with Crippen molar-refractivity contribution in [3.05, 3.63) is 35.9 Å². The van der Waals surface area contributed by atoms with E-state index in [1.54, 1.807) is 6.07 Å². The molecule has 3 unspecified atom stereocenters. The van der Waals surface area contributed by atoms with Crippen molar-refractivity contribution in [3.8, 4) is 0 Å². The number of rotatable bonds is 9. The maximum absolute atomic E-state index is 14.2. The smallest absolute Gasteiger partial charge is 0.411 e. The number of benzene rings is 1. The van der Waals surface area contributed by atoms with E-state index in [1.165, 1.54) is 24.3 Å². The molecule has 0 radical (unpaired) electrons. The Balaban J connectivity index is 2.19. The van der Waals surface area contributed by atoms with Gasteiger partial charge in [-0.05, 0) is 24.8 Å². The molecular formula is C21H25F3N2O6. The second kappa shape index (κ2) is 11.0. The van der Waals surface area contributed by atoms with Crippen LogP contribution in [-0.4, -0.2) is 65.0 Å². The number of piperidine rings is 1.